The molecule has 1 saturated heterocycles. The normalized spacial score (nSPS) is 19.4. The van der Waals surface area contributed by atoms with E-state index in [0.29, 0.717) is 12.1 Å². The largest absolute Gasteiger partial charge is 0.376 e. The summed E-state index contributed by atoms with van der Waals surface area (Å²) in [5, 5.41) is 6.70. The highest BCUT2D eigenvalue weighted by Crippen LogP contribution is 2.14. The average Bonchev–Trinajstić information content (AvgIpc) is 3.10. The van der Waals surface area contributed by atoms with Gasteiger partial charge >= 0.3 is 0 Å². The molecule has 5 nitrogen and oxygen atoms in total. The standard InChI is InChI=1S/C18H30N4O/c1-4-19-18(21-14-17-11-8-12-23-17)20-13-15(2)22(3)16-9-6-5-7-10-16/h5-7,9-10,15,17H,4,8,11-14H2,1-3H3,(H2,19,20,21). The second-order valence-corrected chi connectivity index (χ2v) is 6.03. The van der Waals surface area contributed by atoms with Crippen molar-refractivity contribution in [1.29, 1.82) is 0 Å². The summed E-state index contributed by atoms with van der Waals surface area (Å²) < 4.78 is 5.65. The van der Waals surface area contributed by atoms with E-state index in [2.05, 4.69) is 60.7 Å². The lowest BCUT2D eigenvalue weighted by Crippen LogP contribution is -2.42. The molecule has 0 bridgehead atoms. The number of nitrogens with one attached hydrogen (secondary N) is 2. The predicted molar refractivity (Wildman–Crippen MR) is 97.3 cm³/mol. The Balaban J connectivity index is 1.85. The van der Waals surface area contributed by atoms with Crippen LogP contribution in [0.2, 0.25) is 0 Å². The SMILES string of the molecule is CCNC(=NCC(C)N(C)c1ccccc1)NCC1CCCO1. The van der Waals surface area contributed by atoms with E-state index < -0.39 is 0 Å². The van der Waals surface area contributed by atoms with Crippen LogP contribution in [0.15, 0.2) is 35.3 Å². The number of benzene rings is 1. The van der Waals surface area contributed by atoms with Gasteiger partial charge in [-0.05, 0) is 38.8 Å². The van der Waals surface area contributed by atoms with Crippen LogP contribution in [0.1, 0.15) is 26.7 Å². The summed E-state index contributed by atoms with van der Waals surface area (Å²) in [5.41, 5.74) is 1.22. The van der Waals surface area contributed by atoms with Gasteiger partial charge in [0.25, 0.3) is 0 Å². The second-order valence-electron chi connectivity index (χ2n) is 6.03. The lowest BCUT2D eigenvalue weighted by atomic mass is 10.2. The third-order valence-corrected chi connectivity index (χ3v) is 4.20. The number of hydrogen-bond acceptors (Lipinski definition) is 3. The van der Waals surface area contributed by atoms with Gasteiger partial charge < -0.3 is 20.3 Å². The summed E-state index contributed by atoms with van der Waals surface area (Å²) in [7, 11) is 2.11. The third kappa shape index (κ3) is 5.75. The fraction of sp³-hybridized carbons (Fsp3) is 0.611. The number of para-hydroxylation sites is 1. The van der Waals surface area contributed by atoms with Crippen LogP contribution in [0.25, 0.3) is 0 Å². The van der Waals surface area contributed by atoms with E-state index in [9.17, 15) is 0 Å². The lowest BCUT2D eigenvalue weighted by molar-refractivity contribution is 0.114. The lowest BCUT2D eigenvalue weighted by Gasteiger charge is -2.26. The van der Waals surface area contributed by atoms with Gasteiger partial charge in [0.15, 0.2) is 5.96 Å². The minimum Gasteiger partial charge on any atom is -0.376 e. The van der Waals surface area contributed by atoms with Gasteiger partial charge in [0.1, 0.15) is 0 Å². The smallest absolute Gasteiger partial charge is 0.191 e. The van der Waals surface area contributed by atoms with Gasteiger partial charge in [0, 0.05) is 38.5 Å². The zero-order valence-electron chi connectivity index (χ0n) is 14.6. The maximum absolute atomic E-state index is 5.65. The van der Waals surface area contributed by atoms with Crippen molar-refractivity contribution < 1.29 is 4.74 Å². The van der Waals surface area contributed by atoms with Gasteiger partial charge in [-0.15, -0.1) is 0 Å². The maximum Gasteiger partial charge on any atom is 0.191 e. The van der Waals surface area contributed by atoms with Gasteiger partial charge in [-0.25, -0.2) is 0 Å². The van der Waals surface area contributed by atoms with Crippen LogP contribution in [-0.2, 0) is 4.74 Å². The highest BCUT2D eigenvalue weighted by atomic mass is 16.5. The third-order valence-electron chi connectivity index (χ3n) is 4.20. The molecule has 5 heteroatoms. The molecule has 0 aliphatic carbocycles. The Morgan fingerprint density at radius 2 is 2.13 bits per heavy atom. The van der Waals surface area contributed by atoms with Crippen molar-refractivity contribution in [2.75, 3.05) is 38.2 Å². The van der Waals surface area contributed by atoms with Gasteiger partial charge in [0.2, 0.25) is 0 Å². The molecule has 0 spiro atoms. The molecule has 1 aliphatic rings. The molecule has 1 aliphatic heterocycles. The number of hydrogen-bond donors (Lipinski definition) is 2. The van der Waals surface area contributed by atoms with Crippen molar-refractivity contribution in [2.24, 2.45) is 4.99 Å². The Kier molecular flexibility index (Phi) is 7.20. The molecule has 0 amide bonds. The number of aliphatic imine (C=N–C) groups is 1. The number of guanidine groups is 1. The molecule has 0 radical (unpaired) electrons. The monoisotopic (exact) mass is 318 g/mol. The van der Waals surface area contributed by atoms with E-state index >= 15 is 0 Å². The molecular weight excluding hydrogens is 288 g/mol. The number of anilines is 1. The molecule has 2 rings (SSSR count). The first kappa shape index (κ1) is 17.6. The Morgan fingerprint density at radius 1 is 1.35 bits per heavy atom. The quantitative estimate of drug-likeness (QED) is 0.598. The Bertz CT molecular complexity index is 471. The highest BCUT2D eigenvalue weighted by molar-refractivity contribution is 5.79. The molecule has 1 aromatic rings. The summed E-state index contributed by atoms with van der Waals surface area (Å²) in [6.07, 6.45) is 2.63. The van der Waals surface area contributed by atoms with Crippen molar-refractivity contribution in [3.8, 4) is 0 Å². The van der Waals surface area contributed by atoms with Gasteiger partial charge in [-0.3, -0.25) is 4.99 Å². The van der Waals surface area contributed by atoms with Crippen LogP contribution < -0.4 is 15.5 Å². The molecule has 128 valence electrons. The Labute approximate surface area is 140 Å². The second kappa shape index (κ2) is 9.40. The first-order chi connectivity index (χ1) is 11.2. The number of ether oxygens (including phenoxy) is 1. The number of likely N-dealkylation sites (N-methyl/N-ethyl adjacent to an activating group) is 1. The highest BCUT2D eigenvalue weighted by Gasteiger charge is 2.15. The van der Waals surface area contributed by atoms with Crippen molar-refractivity contribution >= 4 is 11.6 Å². The molecule has 1 fully saturated rings. The topological polar surface area (TPSA) is 48.9 Å². The number of nitrogens with zero attached hydrogens (tertiary/aromatic N) is 2. The summed E-state index contributed by atoms with van der Waals surface area (Å²) in [5.74, 6) is 0.872. The minimum atomic E-state index is 0.322. The van der Waals surface area contributed by atoms with Crippen molar-refractivity contribution in [3.05, 3.63) is 30.3 Å². The first-order valence-electron chi connectivity index (χ1n) is 8.62. The van der Waals surface area contributed by atoms with Crippen LogP contribution >= 0.6 is 0 Å². The molecule has 2 N–H and O–H groups in total. The van der Waals surface area contributed by atoms with E-state index in [0.717, 1.165) is 38.6 Å². The first-order valence-corrected chi connectivity index (χ1v) is 8.62. The molecule has 2 atom stereocenters. The molecule has 0 saturated carbocycles. The van der Waals surface area contributed by atoms with Crippen LogP contribution in [-0.4, -0.2) is 51.4 Å². The van der Waals surface area contributed by atoms with Crippen LogP contribution in [0.5, 0.6) is 0 Å². The fourth-order valence-electron chi connectivity index (χ4n) is 2.62. The van der Waals surface area contributed by atoms with Crippen LogP contribution in [0.3, 0.4) is 0 Å². The number of rotatable bonds is 7. The molecule has 1 heterocycles. The molecule has 0 aromatic heterocycles. The zero-order valence-corrected chi connectivity index (χ0v) is 14.6. The minimum absolute atomic E-state index is 0.322. The van der Waals surface area contributed by atoms with Crippen LogP contribution in [0.4, 0.5) is 5.69 Å². The van der Waals surface area contributed by atoms with Gasteiger partial charge in [0.05, 0.1) is 12.6 Å². The van der Waals surface area contributed by atoms with E-state index in [4.69, 9.17) is 9.73 Å². The summed E-state index contributed by atoms with van der Waals surface area (Å²) in [4.78, 5) is 6.98. The van der Waals surface area contributed by atoms with Crippen molar-refractivity contribution in [3.63, 3.8) is 0 Å². The van der Waals surface area contributed by atoms with Crippen molar-refractivity contribution in [2.45, 2.75) is 38.8 Å². The molecule has 2 unspecified atom stereocenters. The van der Waals surface area contributed by atoms with E-state index in [1.54, 1.807) is 0 Å². The Hall–Kier alpha value is -1.75. The van der Waals surface area contributed by atoms with Gasteiger partial charge in [-0.2, -0.15) is 0 Å². The van der Waals surface area contributed by atoms with Gasteiger partial charge in [-0.1, -0.05) is 18.2 Å². The zero-order chi connectivity index (χ0) is 16.5. The molecule has 1 aromatic carbocycles. The van der Waals surface area contributed by atoms with E-state index in [1.807, 2.05) is 6.07 Å². The maximum atomic E-state index is 5.65. The summed E-state index contributed by atoms with van der Waals surface area (Å²) in [6.45, 7) is 7.60. The van der Waals surface area contributed by atoms with Crippen molar-refractivity contribution in [1.82, 2.24) is 10.6 Å². The molecule has 23 heavy (non-hydrogen) atoms. The molecular formula is C18H30N4O. The Morgan fingerprint density at radius 3 is 2.78 bits per heavy atom. The van der Waals surface area contributed by atoms with E-state index in [-0.39, 0.29) is 0 Å². The average molecular weight is 318 g/mol. The predicted octanol–water partition coefficient (Wildman–Crippen LogP) is 2.25. The fourth-order valence-corrected chi connectivity index (χ4v) is 2.62. The van der Waals surface area contributed by atoms with E-state index in [1.165, 1.54) is 12.1 Å². The van der Waals surface area contributed by atoms with Crippen LogP contribution in [0, 0.1) is 0 Å². The summed E-state index contributed by atoms with van der Waals surface area (Å²) >= 11 is 0. The summed E-state index contributed by atoms with van der Waals surface area (Å²) in [6, 6.07) is 10.8.